The van der Waals surface area contributed by atoms with Crippen molar-refractivity contribution in [2.24, 2.45) is 12.5 Å². The molecule has 4 rings (SSSR count). The van der Waals surface area contributed by atoms with Crippen LogP contribution in [0.15, 0.2) is 47.9 Å². The molecule has 0 bridgehead atoms. The van der Waals surface area contributed by atoms with Gasteiger partial charge in [-0.15, -0.1) is 0 Å². The topological polar surface area (TPSA) is 93.5 Å². The molecule has 1 N–H and O–H groups in total. The van der Waals surface area contributed by atoms with Crippen LogP contribution in [0.5, 0.6) is 0 Å². The Morgan fingerprint density at radius 1 is 1.28 bits per heavy atom. The average molecular weight is 419 g/mol. The molecule has 9 heteroatoms. The molecule has 1 amide bonds. The molecule has 1 saturated carbocycles. The summed E-state index contributed by atoms with van der Waals surface area (Å²) < 4.78 is 34.4. The Balaban J connectivity index is 1.59. The molecule has 2 fully saturated rings. The zero-order valence-corrected chi connectivity index (χ0v) is 17.4. The number of imidazole rings is 1. The molecular formula is C20H26N4O4S. The van der Waals surface area contributed by atoms with Crippen LogP contribution >= 0.6 is 0 Å². The molecule has 156 valence electrons. The molecular weight excluding hydrogens is 392 g/mol. The normalized spacial score (nSPS) is 23.8. The number of carbonyl (C=O) groups excluding carboxylic acids is 1. The predicted octanol–water partition coefficient (Wildman–Crippen LogP) is 1.12. The zero-order chi connectivity index (χ0) is 20.6. The fourth-order valence-corrected chi connectivity index (χ4v) is 5.45. The first-order valence-corrected chi connectivity index (χ1v) is 11.1. The van der Waals surface area contributed by atoms with Gasteiger partial charge in [0.25, 0.3) is 10.0 Å². The van der Waals surface area contributed by atoms with E-state index in [1.54, 1.807) is 18.7 Å². The van der Waals surface area contributed by atoms with Crippen molar-refractivity contribution in [3.8, 4) is 0 Å². The molecule has 29 heavy (non-hydrogen) atoms. The van der Waals surface area contributed by atoms with Crippen LogP contribution in [0, 0.1) is 5.41 Å². The van der Waals surface area contributed by atoms with Crippen LogP contribution in [0.3, 0.4) is 0 Å². The number of sulfonamides is 1. The van der Waals surface area contributed by atoms with Crippen molar-refractivity contribution in [1.29, 1.82) is 0 Å². The Kier molecular flexibility index (Phi) is 5.22. The maximum Gasteiger partial charge on any atom is 0.262 e. The van der Waals surface area contributed by atoms with Gasteiger partial charge in [-0.2, -0.15) is 4.31 Å². The van der Waals surface area contributed by atoms with E-state index in [1.807, 2.05) is 30.3 Å². The molecule has 0 unspecified atom stereocenters. The number of ether oxygens (including phenoxy) is 1. The van der Waals surface area contributed by atoms with E-state index in [1.165, 1.54) is 16.8 Å². The van der Waals surface area contributed by atoms with Gasteiger partial charge in [0.05, 0.1) is 24.4 Å². The number of carbonyl (C=O) groups is 1. The number of benzene rings is 1. The number of aromatic nitrogens is 2. The molecule has 1 saturated heterocycles. The van der Waals surface area contributed by atoms with Gasteiger partial charge >= 0.3 is 0 Å². The van der Waals surface area contributed by atoms with Crippen molar-refractivity contribution < 1.29 is 17.9 Å². The quantitative estimate of drug-likeness (QED) is 0.727. The maximum atomic E-state index is 13.1. The Morgan fingerprint density at radius 3 is 2.59 bits per heavy atom. The number of nitrogens with zero attached hydrogens (tertiary/aromatic N) is 3. The van der Waals surface area contributed by atoms with Gasteiger partial charge in [0.2, 0.25) is 5.91 Å². The summed E-state index contributed by atoms with van der Waals surface area (Å²) in [5.74, 6) is -0.181. The smallest absolute Gasteiger partial charge is 0.262 e. The van der Waals surface area contributed by atoms with Gasteiger partial charge in [-0.3, -0.25) is 4.79 Å². The van der Waals surface area contributed by atoms with E-state index < -0.39 is 15.4 Å². The monoisotopic (exact) mass is 418 g/mol. The van der Waals surface area contributed by atoms with Crippen LogP contribution in [0.2, 0.25) is 0 Å². The highest BCUT2D eigenvalue weighted by atomic mass is 32.2. The second-order valence-electron chi connectivity index (χ2n) is 8.01. The Bertz CT molecular complexity index is 985. The largest absolute Gasteiger partial charge is 0.384 e. The Labute approximate surface area is 170 Å². The average Bonchev–Trinajstić information content (AvgIpc) is 3.15. The lowest BCUT2D eigenvalue weighted by Crippen LogP contribution is -2.45. The van der Waals surface area contributed by atoms with E-state index in [4.69, 9.17) is 4.74 Å². The summed E-state index contributed by atoms with van der Waals surface area (Å²) in [6, 6.07) is 9.42. The second kappa shape index (κ2) is 7.55. The minimum Gasteiger partial charge on any atom is -0.384 e. The molecule has 1 aliphatic heterocycles. The Morgan fingerprint density at radius 2 is 2.00 bits per heavy atom. The molecule has 2 aromatic rings. The molecule has 2 atom stereocenters. The number of nitrogens with one attached hydrogen (secondary N) is 1. The fourth-order valence-electron chi connectivity index (χ4n) is 3.99. The first-order chi connectivity index (χ1) is 13.9. The molecule has 0 spiro atoms. The van der Waals surface area contributed by atoms with Crippen LogP contribution in [-0.4, -0.2) is 61.0 Å². The van der Waals surface area contributed by atoms with Gasteiger partial charge in [0.1, 0.15) is 0 Å². The third kappa shape index (κ3) is 3.82. The van der Waals surface area contributed by atoms with Gasteiger partial charge < -0.3 is 14.6 Å². The van der Waals surface area contributed by atoms with Crippen molar-refractivity contribution >= 4 is 15.9 Å². The van der Waals surface area contributed by atoms with E-state index >= 15 is 0 Å². The number of amides is 1. The van der Waals surface area contributed by atoms with Crippen molar-refractivity contribution in [3.05, 3.63) is 48.4 Å². The number of hydrogen-bond donors (Lipinski definition) is 1. The van der Waals surface area contributed by atoms with Crippen LogP contribution in [0.25, 0.3) is 0 Å². The highest BCUT2D eigenvalue weighted by molar-refractivity contribution is 7.89. The molecule has 0 radical (unpaired) electrons. The van der Waals surface area contributed by atoms with Gasteiger partial charge in [-0.05, 0) is 18.4 Å². The fraction of sp³-hybridized carbons (Fsp3) is 0.500. The summed E-state index contributed by atoms with van der Waals surface area (Å²) in [5.41, 5.74) is 0.539. The molecule has 2 aliphatic rings. The van der Waals surface area contributed by atoms with Gasteiger partial charge in [0, 0.05) is 39.4 Å². The van der Waals surface area contributed by atoms with Gasteiger partial charge in [0.15, 0.2) is 5.03 Å². The van der Waals surface area contributed by atoms with Crippen molar-refractivity contribution in [3.63, 3.8) is 0 Å². The van der Waals surface area contributed by atoms with Crippen molar-refractivity contribution in [1.82, 2.24) is 19.2 Å². The lowest BCUT2D eigenvalue weighted by atomic mass is 9.93. The van der Waals surface area contributed by atoms with Crippen LogP contribution < -0.4 is 5.32 Å². The highest BCUT2D eigenvalue weighted by Gasteiger charge is 2.52. The van der Waals surface area contributed by atoms with E-state index in [0.29, 0.717) is 13.2 Å². The predicted molar refractivity (Wildman–Crippen MR) is 107 cm³/mol. The van der Waals surface area contributed by atoms with Crippen LogP contribution in [0.4, 0.5) is 0 Å². The van der Waals surface area contributed by atoms with Gasteiger partial charge in [-0.1, -0.05) is 30.3 Å². The molecule has 1 aromatic carbocycles. The summed E-state index contributed by atoms with van der Waals surface area (Å²) in [4.78, 5) is 16.9. The van der Waals surface area contributed by atoms with E-state index in [-0.39, 0.29) is 29.4 Å². The highest BCUT2D eigenvalue weighted by Crippen LogP contribution is 2.46. The number of methoxy groups -OCH3 is 1. The zero-order valence-electron chi connectivity index (χ0n) is 16.6. The summed E-state index contributed by atoms with van der Waals surface area (Å²) in [6.45, 7) is 0.899. The first kappa shape index (κ1) is 20.1. The summed E-state index contributed by atoms with van der Waals surface area (Å²) >= 11 is 0. The first-order valence-electron chi connectivity index (χ1n) is 9.69. The summed E-state index contributed by atoms with van der Waals surface area (Å²) in [5, 5.41) is 3.15. The SMILES string of the molecule is COCC1(C(=O)N[C@H]2CN(S(=O)(=O)c3cn(C)cn3)C[C@@H]2c2ccccc2)CC1. The molecule has 8 nitrogen and oxygen atoms in total. The number of hydrogen-bond acceptors (Lipinski definition) is 5. The lowest BCUT2D eigenvalue weighted by Gasteiger charge is -2.23. The molecule has 2 heterocycles. The van der Waals surface area contributed by atoms with Crippen LogP contribution in [0.1, 0.15) is 24.3 Å². The van der Waals surface area contributed by atoms with Crippen molar-refractivity contribution in [2.45, 2.75) is 29.8 Å². The van der Waals surface area contributed by atoms with Crippen molar-refractivity contribution in [2.75, 3.05) is 26.8 Å². The third-order valence-corrected chi connectivity index (χ3v) is 7.59. The summed E-state index contributed by atoms with van der Waals surface area (Å²) in [6.07, 6.45) is 4.56. The van der Waals surface area contributed by atoms with E-state index in [0.717, 1.165) is 18.4 Å². The number of aryl methyl sites for hydroxylation is 1. The lowest BCUT2D eigenvalue weighted by molar-refractivity contribution is -0.129. The van der Waals surface area contributed by atoms with Gasteiger partial charge in [-0.25, -0.2) is 13.4 Å². The number of rotatable bonds is 7. The molecule has 1 aromatic heterocycles. The maximum absolute atomic E-state index is 13.1. The summed E-state index contributed by atoms with van der Waals surface area (Å²) in [7, 11) is -0.405. The van der Waals surface area contributed by atoms with E-state index in [2.05, 4.69) is 10.3 Å². The molecule has 1 aliphatic carbocycles. The minimum absolute atomic E-state index is 0.0248. The third-order valence-electron chi connectivity index (χ3n) is 5.87. The van der Waals surface area contributed by atoms with Crippen LogP contribution in [-0.2, 0) is 26.6 Å². The Hall–Kier alpha value is -2.23. The minimum atomic E-state index is -3.73. The van der Waals surface area contributed by atoms with E-state index in [9.17, 15) is 13.2 Å². The second-order valence-corrected chi connectivity index (χ2v) is 9.89. The standard InChI is InChI=1S/C20H26N4O4S/c1-23-12-18(21-14-23)29(26,27)24-10-16(15-6-4-3-5-7-15)17(11-24)22-19(25)20(8-9-20)13-28-2/h3-7,12,14,16-17H,8-11,13H2,1-2H3,(H,22,25)/t16-,17+/m1/s1.